The zero-order valence-corrected chi connectivity index (χ0v) is 17.1. The number of aryl methyl sites for hydroxylation is 1. The number of H-pyrrole nitrogens is 1. The minimum Gasteiger partial charge on any atom is -0.496 e. The number of hydrogen-bond acceptors (Lipinski definition) is 3. The molecule has 0 fully saturated rings. The van der Waals surface area contributed by atoms with Crippen molar-refractivity contribution in [1.82, 2.24) is 4.98 Å². The zero-order chi connectivity index (χ0) is 21.8. The Bertz CT molecular complexity index is 869. The Morgan fingerprint density at radius 3 is 2.59 bits per heavy atom. The number of alkyl halides is 2. The summed E-state index contributed by atoms with van der Waals surface area (Å²) in [6.45, 7) is 5.27. The second-order valence-corrected chi connectivity index (χ2v) is 7.60. The van der Waals surface area contributed by atoms with E-state index in [1.54, 1.807) is 19.9 Å². The molecule has 0 saturated heterocycles. The summed E-state index contributed by atoms with van der Waals surface area (Å²) in [5, 5.41) is 11.0. The van der Waals surface area contributed by atoms with Gasteiger partial charge in [-0.05, 0) is 49.4 Å². The molecule has 0 amide bonds. The van der Waals surface area contributed by atoms with Crippen LogP contribution in [-0.2, 0) is 11.8 Å². The maximum absolute atomic E-state index is 14.0. The summed E-state index contributed by atoms with van der Waals surface area (Å²) in [6, 6.07) is 5.57. The molecule has 0 radical (unpaired) electrons. The van der Waals surface area contributed by atoms with Gasteiger partial charge in [0.25, 0.3) is 6.43 Å². The molecule has 0 saturated carbocycles. The van der Waals surface area contributed by atoms with Crippen LogP contribution in [0.3, 0.4) is 0 Å². The molecule has 2 aromatic rings. The third-order valence-electron chi connectivity index (χ3n) is 5.45. The van der Waals surface area contributed by atoms with Crippen LogP contribution >= 0.6 is 0 Å². The Labute approximate surface area is 168 Å². The Morgan fingerprint density at radius 2 is 2.03 bits per heavy atom. The summed E-state index contributed by atoms with van der Waals surface area (Å²) < 4.78 is 47.3. The molecule has 2 unspecified atom stereocenters. The summed E-state index contributed by atoms with van der Waals surface area (Å²) in [5.74, 6) is -0.104. The number of hydrogen-bond donors (Lipinski definition) is 3. The van der Waals surface area contributed by atoms with Gasteiger partial charge in [0, 0.05) is 23.4 Å². The van der Waals surface area contributed by atoms with Crippen molar-refractivity contribution in [3.05, 3.63) is 47.0 Å². The fraction of sp³-hybridized carbons (Fsp3) is 0.476. The first-order chi connectivity index (χ1) is 13.6. The molecule has 0 bridgehead atoms. The summed E-state index contributed by atoms with van der Waals surface area (Å²) in [6.07, 6.45) is -2.11. The molecule has 4 N–H and O–H groups in total. The molecule has 0 spiro atoms. The van der Waals surface area contributed by atoms with Crippen LogP contribution in [0.15, 0.2) is 29.3 Å². The average molecular weight is 411 g/mol. The van der Waals surface area contributed by atoms with E-state index in [-0.39, 0.29) is 12.8 Å². The van der Waals surface area contributed by atoms with Gasteiger partial charge in [0.2, 0.25) is 0 Å². The molecule has 1 aromatic heterocycles. The number of nitrogens with two attached hydrogens (primary N) is 1. The molecule has 1 heterocycles. The Morgan fingerprint density at radius 1 is 1.34 bits per heavy atom. The van der Waals surface area contributed by atoms with Crippen molar-refractivity contribution in [2.45, 2.75) is 57.5 Å². The highest BCUT2D eigenvalue weighted by atomic mass is 19.3. The number of benzene rings is 1. The quantitative estimate of drug-likeness (QED) is 0.423. The molecular weight excluding hydrogens is 383 g/mol. The lowest BCUT2D eigenvalue weighted by atomic mass is 9.70. The molecule has 2 rings (SSSR count). The number of aromatic nitrogens is 1. The van der Waals surface area contributed by atoms with E-state index >= 15 is 0 Å². The Balaban J connectivity index is 2.43. The minimum absolute atomic E-state index is 0.290. The first-order valence-electron chi connectivity index (χ1n) is 9.36. The summed E-state index contributed by atoms with van der Waals surface area (Å²) in [5.41, 5.74) is 4.04. The van der Waals surface area contributed by atoms with Crippen molar-refractivity contribution in [3.63, 3.8) is 0 Å². The number of nitrogens with one attached hydrogen (secondary N) is 1. The smallest absolute Gasteiger partial charge is 0.267 e. The normalized spacial score (nSPS) is 16.2. The van der Waals surface area contributed by atoms with Crippen LogP contribution in [0.25, 0.3) is 0 Å². The van der Waals surface area contributed by atoms with Gasteiger partial charge in [-0.15, -0.1) is 0 Å². The lowest BCUT2D eigenvalue weighted by Crippen LogP contribution is -2.45. The molecule has 29 heavy (non-hydrogen) atoms. The van der Waals surface area contributed by atoms with Crippen molar-refractivity contribution in [2.24, 2.45) is 10.7 Å². The second kappa shape index (κ2) is 8.90. The summed E-state index contributed by atoms with van der Waals surface area (Å²) >= 11 is 0. The van der Waals surface area contributed by atoms with Crippen molar-refractivity contribution < 1.29 is 23.0 Å². The highest BCUT2D eigenvalue weighted by Gasteiger charge is 2.45. The zero-order valence-electron chi connectivity index (χ0n) is 17.1. The monoisotopic (exact) mass is 411 g/mol. The average Bonchev–Trinajstić information content (AvgIpc) is 3.00. The fourth-order valence-electron chi connectivity index (χ4n) is 3.71. The van der Waals surface area contributed by atoms with Crippen molar-refractivity contribution >= 4 is 12.0 Å². The van der Waals surface area contributed by atoms with E-state index in [4.69, 9.17) is 10.5 Å². The highest BCUT2D eigenvalue weighted by molar-refractivity contribution is 5.60. The lowest BCUT2D eigenvalue weighted by molar-refractivity contribution is -0.112. The predicted molar refractivity (Wildman–Crippen MR) is 108 cm³/mol. The number of nitrogens with zero attached hydrogens (tertiary/aromatic N) is 1. The number of aromatic amines is 1. The van der Waals surface area contributed by atoms with Gasteiger partial charge in [-0.25, -0.2) is 18.2 Å². The first-order valence-corrected chi connectivity index (χ1v) is 9.36. The highest BCUT2D eigenvalue weighted by Crippen LogP contribution is 2.43. The van der Waals surface area contributed by atoms with E-state index in [9.17, 15) is 18.3 Å². The van der Waals surface area contributed by atoms with Crippen LogP contribution < -0.4 is 10.5 Å². The standard InChI is InChI=1S/C21H28F3N3O2/c1-5-20(3,16-8-14(22)6-7-18(16)29-4)11-21(28,19(23)24)10-15-9-17(26-12-25)13(2)27-15/h6-9,12,19,27-28H,5,10-11H2,1-4H3,(H2,25,26). The molecule has 8 heteroatoms. The van der Waals surface area contributed by atoms with Gasteiger partial charge >= 0.3 is 0 Å². The molecule has 0 aliphatic carbocycles. The van der Waals surface area contributed by atoms with Crippen molar-refractivity contribution in [2.75, 3.05) is 7.11 Å². The molecular formula is C21H28F3N3O2. The maximum Gasteiger partial charge on any atom is 0.267 e. The second-order valence-electron chi connectivity index (χ2n) is 7.60. The van der Waals surface area contributed by atoms with Crippen LogP contribution in [0.5, 0.6) is 5.75 Å². The number of aliphatic imine (C=N–C) groups is 1. The van der Waals surface area contributed by atoms with Crippen molar-refractivity contribution in [3.8, 4) is 5.75 Å². The molecule has 2 atom stereocenters. The van der Waals surface area contributed by atoms with E-state index < -0.39 is 23.3 Å². The fourth-order valence-corrected chi connectivity index (χ4v) is 3.71. The van der Waals surface area contributed by atoms with E-state index in [2.05, 4.69) is 9.98 Å². The minimum atomic E-state index is -3.02. The van der Waals surface area contributed by atoms with E-state index in [0.29, 0.717) is 34.8 Å². The lowest BCUT2D eigenvalue weighted by Gasteiger charge is -2.38. The van der Waals surface area contributed by atoms with Crippen molar-refractivity contribution in [1.29, 1.82) is 0 Å². The van der Waals surface area contributed by atoms with Gasteiger partial charge in [0.15, 0.2) is 0 Å². The molecule has 160 valence electrons. The number of rotatable bonds is 9. The molecule has 0 aliphatic heterocycles. The van der Waals surface area contributed by atoms with Gasteiger partial charge < -0.3 is 20.6 Å². The third-order valence-corrected chi connectivity index (χ3v) is 5.45. The van der Waals surface area contributed by atoms with Gasteiger partial charge in [-0.3, -0.25) is 0 Å². The summed E-state index contributed by atoms with van der Waals surface area (Å²) in [7, 11) is 1.44. The van der Waals surface area contributed by atoms with Crippen LogP contribution in [-0.4, -0.2) is 35.6 Å². The number of ether oxygens (including phenoxy) is 1. The van der Waals surface area contributed by atoms with Gasteiger partial charge in [0.05, 0.1) is 19.1 Å². The van der Waals surface area contributed by atoms with Gasteiger partial charge in [0.1, 0.15) is 17.2 Å². The Hall–Kier alpha value is -2.48. The number of methoxy groups -OCH3 is 1. The largest absolute Gasteiger partial charge is 0.496 e. The van der Waals surface area contributed by atoms with Crippen LogP contribution in [0, 0.1) is 12.7 Å². The number of halogens is 3. The summed E-state index contributed by atoms with van der Waals surface area (Å²) in [4.78, 5) is 6.93. The van der Waals surface area contributed by atoms with E-state index in [1.807, 2.05) is 6.92 Å². The maximum atomic E-state index is 14.0. The topological polar surface area (TPSA) is 83.6 Å². The third kappa shape index (κ3) is 4.93. The molecule has 0 aliphatic rings. The Kier molecular flexibility index (Phi) is 7.00. The predicted octanol–water partition coefficient (Wildman–Crippen LogP) is 4.39. The van der Waals surface area contributed by atoms with E-state index in [1.165, 1.54) is 25.3 Å². The van der Waals surface area contributed by atoms with E-state index in [0.717, 1.165) is 6.34 Å². The van der Waals surface area contributed by atoms with Gasteiger partial charge in [-0.2, -0.15) is 0 Å². The van der Waals surface area contributed by atoms with Crippen LogP contribution in [0.2, 0.25) is 0 Å². The number of aliphatic hydroxyl groups is 1. The molecule has 5 nitrogen and oxygen atoms in total. The van der Waals surface area contributed by atoms with Gasteiger partial charge in [-0.1, -0.05) is 13.8 Å². The van der Waals surface area contributed by atoms with Crippen LogP contribution in [0.4, 0.5) is 18.9 Å². The molecule has 1 aromatic carbocycles. The first kappa shape index (κ1) is 22.8. The SMILES string of the molecule is CCC(C)(CC(O)(Cc1cc(N=CN)c(C)[nH]1)C(F)F)c1cc(F)ccc1OC. The van der Waals surface area contributed by atoms with Crippen LogP contribution in [0.1, 0.15) is 43.6 Å².